The maximum absolute atomic E-state index is 12.7. The van der Waals surface area contributed by atoms with Gasteiger partial charge in [0.2, 0.25) is 0 Å². The summed E-state index contributed by atoms with van der Waals surface area (Å²) in [5, 5.41) is 8.07. The highest BCUT2D eigenvalue weighted by Crippen LogP contribution is 2.28. The number of halogens is 1. The first kappa shape index (κ1) is 20.0. The Kier molecular flexibility index (Phi) is 5.40. The average Bonchev–Trinajstić information content (AvgIpc) is 2.82. The lowest BCUT2D eigenvalue weighted by atomic mass is 9.97. The summed E-state index contributed by atoms with van der Waals surface area (Å²) in [5.41, 5.74) is 2.95. The molecular weight excluding hydrogens is 416 g/mol. The van der Waals surface area contributed by atoms with Gasteiger partial charge in [0.1, 0.15) is 0 Å². The Morgan fingerprint density at radius 1 is 0.750 bits per heavy atom. The molecule has 0 unspecified atom stereocenters. The lowest BCUT2D eigenvalue weighted by molar-refractivity contribution is 0.102. The van der Waals surface area contributed by atoms with Gasteiger partial charge in [0.25, 0.3) is 5.91 Å². The van der Waals surface area contributed by atoms with Crippen molar-refractivity contribution in [3.05, 3.63) is 119 Å². The van der Waals surface area contributed by atoms with Gasteiger partial charge in [0, 0.05) is 28.1 Å². The van der Waals surface area contributed by atoms with Crippen molar-refractivity contribution in [2.45, 2.75) is 0 Å². The summed E-state index contributed by atoms with van der Waals surface area (Å²) in [6.07, 6.45) is 1.89. The largest absolute Gasteiger partial charge is 0.322 e. The second-order valence-electron chi connectivity index (χ2n) is 7.51. The van der Waals surface area contributed by atoms with Crippen molar-refractivity contribution in [3.8, 4) is 0 Å². The number of benzene rings is 5. The first-order valence-corrected chi connectivity index (χ1v) is 10.7. The standard InChI is InChI=1S/C28H19ClN2O/c29-22-10-6-12-24(17-22)31-28(32)21-9-5-11-23(16-21)30-18-27-25-13-3-1-7-19(25)15-20-8-2-4-14-26(20)27/h1-18H,(H,31,32). The van der Waals surface area contributed by atoms with Crippen LogP contribution in [0.3, 0.4) is 0 Å². The minimum Gasteiger partial charge on any atom is -0.322 e. The van der Waals surface area contributed by atoms with E-state index < -0.39 is 0 Å². The summed E-state index contributed by atoms with van der Waals surface area (Å²) in [4.78, 5) is 17.4. The van der Waals surface area contributed by atoms with Gasteiger partial charge >= 0.3 is 0 Å². The number of fused-ring (bicyclic) bond motifs is 2. The second kappa shape index (κ2) is 8.66. The smallest absolute Gasteiger partial charge is 0.255 e. The minimum absolute atomic E-state index is 0.208. The molecule has 0 aliphatic carbocycles. The molecule has 0 bridgehead atoms. The molecule has 154 valence electrons. The van der Waals surface area contributed by atoms with E-state index in [0.29, 0.717) is 22.0 Å². The van der Waals surface area contributed by atoms with Crippen LogP contribution in [0.25, 0.3) is 21.5 Å². The monoisotopic (exact) mass is 434 g/mol. The highest BCUT2D eigenvalue weighted by Gasteiger charge is 2.08. The van der Waals surface area contributed by atoms with Crippen LogP contribution in [0.2, 0.25) is 5.02 Å². The number of nitrogens with one attached hydrogen (secondary N) is 1. The third-order valence-electron chi connectivity index (χ3n) is 5.35. The van der Waals surface area contributed by atoms with E-state index in [1.54, 1.807) is 36.4 Å². The van der Waals surface area contributed by atoms with Crippen LogP contribution in [-0.2, 0) is 0 Å². The number of hydrogen-bond donors (Lipinski definition) is 1. The number of carbonyl (C=O) groups is 1. The Morgan fingerprint density at radius 2 is 1.44 bits per heavy atom. The van der Waals surface area contributed by atoms with Gasteiger partial charge in [-0.25, -0.2) is 0 Å². The summed E-state index contributed by atoms with van der Waals surface area (Å²) in [7, 11) is 0. The molecular formula is C28H19ClN2O. The van der Waals surface area contributed by atoms with Gasteiger partial charge in [-0.15, -0.1) is 0 Å². The number of rotatable bonds is 4. The molecule has 32 heavy (non-hydrogen) atoms. The zero-order valence-corrected chi connectivity index (χ0v) is 17.9. The summed E-state index contributed by atoms with van der Waals surface area (Å²) in [5.74, 6) is -0.208. The molecule has 4 heteroatoms. The number of carbonyl (C=O) groups excluding carboxylic acids is 1. The van der Waals surface area contributed by atoms with E-state index in [1.165, 1.54) is 10.8 Å². The Bertz CT molecular complexity index is 1440. The molecule has 0 fully saturated rings. The Morgan fingerprint density at radius 3 is 2.16 bits per heavy atom. The highest BCUT2D eigenvalue weighted by molar-refractivity contribution is 6.31. The minimum atomic E-state index is -0.208. The first-order valence-electron chi connectivity index (χ1n) is 10.3. The second-order valence-corrected chi connectivity index (χ2v) is 7.94. The summed E-state index contributed by atoms with van der Waals surface area (Å²) in [6.45, 7) is 0. The normalized spacial score (nSPS) is 11.3. The molecule has 1 N–H and O–H groups in total. The van der Waals surface area contributed by atoms with Crippen molar-refractivity contribution in [3.63, 3.8) is 0 Å². The molecule has 0 spiro atoms. The van der Waals surface area contributed by atoms with E-state index in [-0.39, 0.29) is 5.91 Å². The number of aliphatic imine (C=N–C) groups is 1. The number of anilines is 1. The molecule has 0 heterocycles. The van der Waals surface area contributed by atoms with Crippen LogP contribution < -0.4 is 5.32 Å². The van der Waals surface area contributed by atoms with Crippen LogP contribution in [0.15, 0.2) is 108 Å². The topological polar surface area (TPSA) is 41.5 Å². The van der Waals surface area contributed by atoms with E-state index >= 15 is 0 Å². The molecule has 0 saturated carbocycles. The van der Waals surface area contributed by atoms with Gasteiger partial charge in [-0.3, -0.25) is 9.79 Å². The zero-order chi connectivity index (χ0) is 21.9. The number of hydrogen-bond acceptors (Lipinski definition) is 2. The van der Waals surface area contributed by atoms with Gasteiger partial charge in [0.15, 0.2) is 0 Å². The van der Waals surface area contributed by atoms with Crippen molar-refractivity contribution in [1.82, 2.24) is 0 Å². The molecule has 5 aromatic rings. The van der Waals surface area contributed by atoms with Gasteiger partial charge in [-0.05, 0) is 64.0 Å². The summed E-state index contributed by atoms with van der Waals surface area (Å²) in [6, 6.07) is 33.2. The molecule has 5 rings (SSSR count). The predicted octanol–water partition coefficient (Wildman–Crippen LogP) is 7.65. The SMILES string of the molecule is O=C(Nc1cccc(Cl)c1)c1cccc(N=Cc2c3ccccc3cc3ccccc23)c1. The summed E-state index contributed by atoms with van der Waals surface area (Å²) >= 11 is 6.01. The Balaban J connectivity index is 1.49. The van der Waals surface area contributed by atoms with Gasteiger partial charge in [-0.1, -0.05) is 72.3 Å². The molecule has 0 aliphatic rings. The van der Waals surface area contributed by atoms with Crippen molar-refractivity contribution in [1.29, 1.82) is 0 Å². The summed E-state index contributed by atoms with van der Waals surface area (Å²) < 4.78 is 0. The molecule has 0 atom stereocenters. The van der Waals surface area contributed by atoms with Crippen LogP contribution in [-0.4, -0.2) is 12.1 Å². The Hall–Kier alpha value is -3.95. The fourth-order valence-corrected chi connectivity index (χ4v) is 4.01. The van der Waals surface area contributed by atoms with Crippen molar-refractivity contribution in [2.75, 3.05) is 5.32 Å². The van der Waals surface area contributed by atoms with Crippen molar-refractivity contribution in [2.24, 2.45) is 4.99 Å². The number of amides is 1. The quantitative estimate of drug-likeness (QED) is 0.229. The fraction of sp³-hybridized carbons (Fsp3) is 0. The highest BCUT2D eigenvalue weighted by atomic mass is 35.5. The van der Waals surface area contributed by atoms with E-state index in [9.17, 15) is 4.79 Å². The Labute approximate surface area is 191 Å². The molecule has 0 saturated heterocycles. The van der Waals surface area contributed by atoms with Crippen LogP contribution in [0.4, 0.5) is 11.4 Å². The van der Waals surface area contributed by atoms with Crippen molar-refractivity contribution < 1.29 is 4.79 Å². The zero-order valence-electron chi connectivity index (χ0n) is 17.1. The van der Waals surface area contributed by atoms with Crippen LogP contribution in [0.1, 0.15) is 15.9 Å². The fourth-order valence-electron chi connectivity index (χ4n) is 3.82. The van der Waals surface area contributed by atoms with E-state index in [4.69, 9.17) is 16.6 Å². The third-order valence-corrected chi connectivity index (χ3v) is 5.58. The van der Waals surface area contributed by atoms with E-state index in [1.807, 2.05) is 42.6 Å². The molecule has 0 aromatic heterocycles. The van der Waals surface area contributed by atoms with Gasteiger partial charge in [0.05, 0.1) is 5.69 Å². The van der Waals surface area contributed by atoms with Crippen LogP contribution in [0.5, 0.6) is 0 Å². The first-order chi connectivity index (χ1) is 15.7. The molecule has 1 amide bonds. The predicted molar refractivity (Wildman–Crippen MR) is 135 cm³/mol. The molecule has 0 aliphatic heterocycles. The lowest BCUT2D eigenvalue weighted by Crippen LogP contribution is -2.11. The van der Waals surface area contributed by atoms with Crippen LogP contribution in [0, 0.1) is 0 Å². The maximum atomic E-state index is 12.7. The molecule has 3 nitrogen and oxygen atoms in total. The maximum Gasteiger partial charge on any atom is 0.255 e. The van der Waals surface area contributed by atoms with Crippen LogP contribution >= 0.6 is 11.6 Å². The lowest BCUT2D eigenvalue weighted by Gasteiger charge is -2.08. The van der Waals surface area contributed by atoms with E-state index in [0.717, 1.165) is 16.3 Å². The van der Waals surface area contributed by atoms with Crippen molar-refractivity contribution >= 4 is 56.6 Å². The number of nitrogens with zero attached hydrogens (tertiary/aromatic N) is 1. The molecule has 0 radical (unpaired) electrons. The van der Waals surface area contributed by atoms with Gasteiger partial charge < -0.3 is 5.32 Å². The van der Waals surface area contributed by atoms with E-state index in [2.05, 4.69) is 35.6 Å². The third kappa shape index (κ3) is 4.11. The molecule has 5 aromatic carbocycles. The van der Waals surface area contributed by atoms with Gasteiger partial charge in [-0.2, -0.15) is 0 Å². The average molecular weight is 435 g/mol.